The molecule has 3 nitrogen and oxygen atoms in total. The number of carbonyl (C=O) groups is 1. The second kappa shape index (κ2) is 7.85. The minimum absolute atomic E-state index is 0.126. The molecule has 0 aliphatic rings. The van der Waals surface area contributed by atoms with Crippen LogP contribution in [0.3, 0.4) is 0 Å². The molecule has 116 valence electrons. The molecule has 0 fully saturated rings. The molecule has 0 aliphatic carbocycles. The van der Waals surface area contributed by atoms with Gasteiger partial charge in [0.05, 0.1) is 12.1 Å². The van der Waals surface area contributed by atoms with Gasteiger partial charge in [-0.25, -0.2) is 0 Å². The van der Waals surface area contributed by atoms with E-state index in [9.17, 15) is 4.79 Å². The van der Waals surface area contributed by atoms with Gasteiger partial charge in [0, 0.05) is 18.0 Å². The van der Waals surface area contributed by atoms with Gasteiger partial charge in [0.25, 0.3) is 5.91 Å². The highest BCUT2D eigenvalue weighted by atomic mass is 35.5. The van der Waals surface area contributed by atoms with Crippen molar-refractivity contribution in [1.82, 2.24) is 5.32 Å². The minimum Gasteiger partial charge on any atom is -0.495 e. The lowest BCUT2D eigenvalue weighted by Crippen LogP contribution is -2.28. The molecule has 0 saturated heterocycles. The van der Waals surface area contributed by atoms with E-state index in [1.54, 1.807) is 25.3 Å². The largest absolute Gasteiger partial charge is 0.495 e. The molecule has 0 unspecified atom stereocenters. The first kappa shape index (κ1) is 16.4. The average Bonchev–Trinajstić information content (AvgIpc) is 2.56. The normalized spacial score (nSPS) is 11.8. The smallest absolute Gasteiger partial charge is 0.251 e. The lowest BCUT2D eigenvalue weighted by atomic mass is 9.96. The zero-order valence-corrected chi connectivity index (χ0v) is 13.6. The SMILES string of the molecule is CC[C@@H](CNC(=O)c1ccc(OC)c(Cl)c1)c1ccccc1. The van der Waals surface area contributed by atoms with Crippen LogP contribution in [0, 0.1) is 0 Å². The van der Waals surface area contributed by atoms with Crippen LogP contribution >= 0.6 is 11.6 Å². The second-order valence-electron chi connectivity index (χ2n) is 5.08. The predicted molar refractivity (Wildman–Crippen MR) is 89.8 cm³/mol. The number of nitrogens with one attached hydrogen (secondary N) is 1. The van der Waals surface area contributed by atoms with Crippen LogP contribution in [0.2, 0.25) is 5.02 Å². The third kappa shape index (κ3) is 4.01. The monoisotopic (exact) mass is 317 g/mol. The maximum absolute atomic E-state index is 12.2. The molecule has 2 aromatic rings. The Morgan fingerprint density at radius 2 is 1.95 bits per heavy atom. The molecule has 0 aromatic heterocycles. The summed E-state index contributed by atoms with van der Waals surface area (Å²) >= 11 is 6.05. The van der Waals surface area contributed by atoms with Crippen LogP contribution in [0.15, 0.2) is 48.5 Å². The van der Waals surface area contributed by atoms with Gasteiger partial charge in [-0.3, -0.25) is 4.79 Å². The first-order chi connectivity index (χ1) is 10.7. The number of carbonyl (C=O) groups excluding carboxylic acids is 1. The Balaban J connectivity index is 2.01. The standard InChI is InChI=1S/C18H20ClNO2/c1-3-13(14-7-5-4-6-8-14)12-20-18(21)15-9-10-17(22-2)16(19)11-15/h4-11,13H,3,12H2,1-2H3,(H,20,21)/t13-/m0/s1. The van der Waals surface area contributed by atoms with E-state index in [4.69, 9.17) is 16.3 Å². The van der Waals surface area contributed by atoms with Crippen molar-refractivity contribution in [3.8, 4) is 5.75 Å². The van der Waals surface area contributed by atoms with Gasteiger partial charge in [-0.2, -0.15) is 0 Å². The van der Waals surface area contributed by atoms with Crippen LogP contribution in [0.1, 0.15) is 35.2 Å². The number of halogens is 1. The first-order valence-electron chi connectivity index (χ1n) is 7.32. The Kier molecular flexibility index (Phi) is 5.84. The fourth-order valence-corrected chi connectivity index (χ4v) is 2.61. The van der Waals surface area contributed by atoms with Crippen LogP contribution in [0.25, 0.3) is 0 Å². The van der Waals surface area contributed by atoms with Gasteiger partial charge in [-0.1, -0.05) is 48.9 Å². The average molecular weight is 318 g/mol. The van der Waals surface area contributed by atoms with Gasteiger partial charge in [-0.05, 0) is 30.2 Å². The lowest BCUT2D eigenvalue weighted by Gasteiger charge is -2.16. The quantitative estimate of drug-likeness (QED) is 0.864. The van der Waals surface area contributed by atoms with Gasteiger partial charge in [0.15, 0.2) is 0 Å². The van der Waals surface area contributed by atoms with E-state index in [-0.39, 0.29) is 5.91 Å². The molecule has 0 radical (unpaired) electrons. The molecule has 22 heavy (non-hydrogen) atoms. The zero-order chi connectivity index (χ0) is 15.9. The number of hydrogen-bond donors (Lipinski definition) is 1. The molecule has 1 atom stereocenters. The van der Waals surface area contributed by atoms with Crippen molar-refractivity contribution in [3.63, 3.8) is 0 Å². The fraction of sp³-hybridized carbons (Fsp3) is 0.278. The summed E-state index contributed by atoms with van der Waals surface area (Å²) < 4.78 is 5.09. The van der Waals surface area contributed by atoms with Crippen molar-refractivity contribution in [3.05, 3.63) is 64.7 Å². The maximum atomic E-state index is 12.2. The van der Waals surface area contributed by atoms with Crippen molar-refractivity contribution in [2.24, 2.45) is 0 Å². The van der Waals surface area contributed by atoms with Gasteiger partial charge >= 0.3 is 0 Å². The van der Waals surface area contributed by atoms with E-state index in [0.717, 1.165) is 6.42 Å². The molecule has 0 saturated carbocycles. The van der Waals surface area contributed by atoms with E-state index in [2.05, 4.69) is 24.4 Å². The molecule has 1 N–H and O–H groups in total. The number of rotatable bonds is 6. The Morgan fingerprint density at radius 3 is 2.55 bits per heavy atom. The number of methoxy groups -OCH3 is 1. The zero-order valence-electron chi connectivity index (χ0n) is 12.8. The third-order valence-electron chi connectivity index (χ3n) is 3.69. The Hall–Kier alpha value is -2.00. The summed E-state index contributed by atoms with van der Waals surface area (Å²) in [5, 5.41) is 3.41. The second-order valence-corrected chi connectivity index (χ2v) is 5.48. The molecular formula is C18H20ClNO2. The molecule has 0 aliphatic heterocycles. The highest BCUT2D eigenvalue weighted by Gasteiger charge is 2.13. The van der Waals surface area contributed by atoms with Crippen LogP contribution in [0.4, 0.5) is 0 Å². The highest BCUT2D eigenvalue weighted by Crippen LogP contribution is 2.25. The number of benzene rings is 2. The van der Waals surface area contributed by atoms with Crippen molar-refractivity contribution >= 4 is 17.5 Å². The van der Waals surface area contributed by atoms with Gasteiger partial charge in [0.1, 0.15) is 5.75 Å². The Morgan fingerprint density at radius 1 is 1.23 bits per heavy atom. The summed E-state index contributed by atoms with van der Waals surface area (Å²) in [5.41, 5.74) is 1.77. The van der Waals surface area contributed by atoms with E-state index in [1.165, 1.54) is 5.56 Å². The summed E-state index contributed by atoms with van der Waals surface area (Å²) in [7, 11) is 1.55. The molecule has 4 heteroatoms. The lowest BCUT2D eigenvalue weighted by molar-refractivity contribution is 0.0951. The highest BCUT2D eigenvalue weighted by molar-refractivity contribution is 6.32. The fourth-order valence-electron chi connectivity index (χ4n) is 2.35. The van der Waals surface area contributed by atoms with E-state index in [1.807, 2.05) is 18.2 Å². The Labute approximate surface area is 136 Å². The predicted octanol–water partition coefficient (Wildman–Crippen LogP) is 4.27. The number of hydrogen-bond acceptors (Lipinski definition) is 2. The van der Waals surface area contributed by atoms with Crippen molar-refractivity contribution in [2.75, 3.05) is 13.7 Å². The topological polar surface area (TPSA) is 38.3 Å². The molecular weight excluding hydrogens is 298 g/mol. The van der Waals surface area contributed by atoms with E-state index in [0.29, 0.717) is 28.8 Å². The molecule has 0 heterocycles. The summed E-state index contributed by atoms with van der Waals surface area (Å²) in [6, 6.07) is 15.2. The van der Waals surface area contributed by atoms with Crippen molar-refractivity contribution in [1.29, 1.82) is 0 Å². The molecule has 0 bridgehead atoms. The molecule has 1 amide bonds. The third-order valence-corrected chi connectivity index (χ3v) is 3.98. The number of ether oxygens (including phenoxy) is 1. The van der Waals surface area contributed by atoms with Gasteiger partial charge in [-0.15, -0.1) is 0 Å². The summed E-state index contributed by atoms with van der Waals surface area (Å²) in [6.07, 6.45) is 0.966. The van der Waals surface area contributed by atoms with E-state index >= 15 is 0 Å². The van der Waals surface area contributed by atoms with Crippen molar-refractivity contribution in [2.45, 2.75) is 19.3 Å². The van der Waals surface area contributed by atoms with Crippen LogP contribution in [-0.4, -0.2) is 19.6 Å². The summed E-state index contributed by atoms with van der Waals surface area (Å²) in [4.78, 5) is 12.2. The van der Waals surface area contributed by atoms with Crippen LogP contribution in [0.5, 0.6) is 5.75 Å². The molecule has 0 spiro atoms. The van der Waals surface area contributed by atoms with Gasteiger partial charge < -0.3 is 10.1 Å². The summed E-state index contributed by atoms with van der Waals surface area (Å²) in [6.45, 7) is 2.72. The molecule has 2 aromatic carbocycles. The van der Waals surface area contributed by atoms with Gasteiger partial charge in [0.2, 0.25) is 0 Å². The first-order valence-corrected chi connectivity index (χ1v) is 7.70. The number of amides is 1. The van der Waals surface area contributed by atoms with Crippen LogP contribution in [-0.2, 0) is 0 Å². The van der Waals surface area contributed by atoms with E-state index < -0.39 is 0 Å². The van der Waals surface area contributed by atoms with Crippen LogP contribution < -0.4 is 10.1 Å². The molecule has 2 rings (SSSR count). The summed E-state index contributed by atoms with van der Waals surface area (Å²) in [5.74, 6) is 0.742. The minimum atomic E-state index is -0.126. The maximum Gasteiger partial charge on any atom is 0.251 e. The Bertz CT molecular complexity index is 628. The van der Waals surface area contributed by atoms with Crippen molar-refractivity contribution < 1.29 is 9.53 Å².